The standard InChI is InChI=1S/C28H20FN5O4S2/c1-16-23(40-27(30-16)31-24(36)18-10-12-19(29)13-11-18)25(37)32-33-28-34(20-7-3-2-4-8-20)26(38)22(39-28)15-17-6-5-9-21(35)14-17/h2-15,35H,1H3,(H,32,37)(H,30,31,36)/b22-15+,33-28+. The van der Waals surface area contributed by atoms with Gasteiger partial charge in [-0.05, 0) is 78.9 Å². The number of hydrogen-bond acceptors (Lipinski definition) is 8. The van der Waals surface area contributed by atoms with E-state index in [2.05, 4.69) is 20.8 Å². The number of amides is 3. The zero-order chi connectivity index (χ0) is 28.2. The number of nitrogens with one attached hydrogen (secondary N) is 2. The molecule has 1 aliphatic heterocycles. The number of anilines is 2. The number of aromatic hydroxyl groups is 1. The first-order valence-electron chi connectivity index (χ1n) is 11.8. The summed E-state index contributed by atoms with van der Waals surface area (Å²) in [6, 6.07) is 20.4. The summed E-state index contributed by atoms with van der Waals surface area (Å²) in [5.74, 6) is -1.80. The van der Waals surface area contributed by atoms with Crippen LogP contribution >= 0.6 is 23.1 Å². The fourth-order valence-corrected chi connectivity index (χ4v) is 5.49. The predicted molar refractivity (Wildman–Crippen MR) is 154 cm³/mol. The van der Waals surface area contributed by atoms with Gasteiger partial charge in [-0.1, -0.05) is 41.7 Å². The van der Waals surface area contributed by atoms with E-state index in [1.165, 1.54) is 41.3 Å². The van der Waals surface area contributed by atoms with Crippen LogP contribution in [0.15, 0.2) is 88.9 Å². The molecule has 3 N–H and O–H groups in total. The minimum Gasteiger partial charge on any atom is -0.508 e. The fraction of sp³-hybridized carbons (Fsp3) is 0.0357. The number of phenolic OH excluding ortho intramolecular Hbond substituents is 1. The molecular formula is C28H20FN5O4S2. The van der Waals surface area contributed by atoms with Crippen LogP contribution in [0, 0.1) is 12.7 Å². The highest BCUT2D eigenvalue weighted by molar-refractivity contribution is 8.19. The molecule has 0 radical (unpaired) electrons. The molecule has 0 unspecified atom stereocenters. The normalized spacial score (nSPS) is 15.1. The molecule has 9 nitrogen and oxygen atoms in total. The van der Waals surface area contributed by atoms with Crippen molar-refractivity contribution < 1.29 is 23.9 Å². The van der Waals surface area contributed by atoms with E-state index in [0.717, 1.165) is 23.1 Å². The highest BCUT2D eigenvalue weighted by atomic mass is 32.2. The number of aromatic nitrogens is 1. The molecular weight excluding hydrogens is 553 g/mol. The highest BCUT2D eigenvalue weighted by Gasteiger charge is 2.35. The minimum atomic E-state index is -0.573. The maximum Gasteiger partial charge on any atom is 0.283 e. The lowest BCUT2D eigenvalue weighted by Crippen LogP contribution is -2.31. The number of halogens is 1. The third kappa shape index (κ3) is 5.92. The molecule has 3 amide bonds. The number of hydrogen-bond donors (Lipinski definition) is 3. The third-order valence-corrected chi connectivity index (χ3v) is 7.61. The number of nitrogens with zero attached hydrogens (tertiary/aromatic N) is 3. The number of rotatable bonds is 6. The summed E-state index contributed by atoms with van der Waals surface area (Å²) >= 11 is 2.03. The smallest absolute Gasteiger partial charge is 0.283 e. The number of para-hydroxylation sites is 1. The zero-order valence-electron chi connectivity index (χ0n) is 20.8. The van der Waals surface area contributed by atoms with Gasteiger partial charge < -0.3 is 5.11 Å². The van der Waals surface area contributed by atoms with E-state index < -0.39 is 17.6 Å². The quantitative estimate of drug-likeness (QED) is 0.211. The van der Waals surface area contributed by atoms with Crippen LogP contribution in [-0.2, 0) is 4.79 Å². The average molecular weight is 574 g/mol. The van der Waals surface area contributed by atoms with Gasteiger partial charge >= 0.3 is 0 Å². The van der Waals surface area contributed by atoms with E-state index in [9.17, 15) is 23.9 Å². The lowest BCUT2D eigenvalue weighted by molar-refractivity contribution is -0.113. The van der Waals surface area contributed by atoms with Crippen LogP contribution in [0.4, 0.5) is 15.2 Å². The van der Waals surface area contributed by atoms with Gasteiger partial charge in [-0.2, -0.15) is 0 Å². The van der Waals surface area contributed by atoms with Crippen molar-refractivity contribution in [1.29, 1.82) is 0 Å². The summed E-state index contributed by atoms with van der Waals surface area (Å²) in [5, 5.41) is 17.0. The highest BCUT2D eigenvalue weighted by Crippen LogP contribution is 2.36. The van der Waals surface area contributed by atoms with Crippen molar-refractivity contribution in [3.8, 4) is 5.75 Å². The Labute approximate surface area is 236 Å². The molecule has 12 heteroatoms. The fourth-order valence-electron chi connectivity index (χ4n) is 3.70. The first kappa shape index (κ1) is 26.8. The van der Waals surface area contributed by atoms with Gasteiger partial charge in [0.15, 0.2) is 10.3 Å². The van der Waals surface area contributed by atoms with E-state index in [1.54, 1.807) is 49.4 Å². The molecule has 0 spiro atoms. The molecule has 1 aliphatic rings. The number of thioether (sulfide) groups is 1. The molecule has 3 aromatic carbocycles. The summed E-state index contributed by atoms with van der Waals surface area (Å²) in [4.78, 5) is 45.0. The number of phenols is 1. The van der Waals surface area contributed by atoms with Crippen LogP contribution in [-0.4, -0.2) is 33.0 Å². The molecule has 1 fully saturated rings. The lowest BCUT2D eigenvalue weighted by atomic mass is 10.2. The Morgan fingerprint density at radius 2 is 1.77 bits per heavy atom. The molecule has 0 atom stereocenters. The number of hydrazone groups is 1. The van der Waals surface area contributed by atoms with Crippen molar-refractivity contribution in [3.05, 3.63) is 111 Å². The van der Waals surface area contributed by atoms with Crippen molar-refractivity contribution >= 4 is 62.9 Å². The lowest BCUT2D eigenvalue weighted by Gasteiger charge is -2.15. The van der Waals surface area contributed by atoms with Gasteiger partial charge in [0.1, 0.15) is 16.4 Å². The van der Waals surface area contributed by atoms with Crippen molar-refractivity contribution in [3.63, 3.8) is 0 Å². The summed E-state index contributed by atoms with van der Waals surface area (Å²) in [6.07, 6.45) is 1.64. The Bertz CT molecular complexity index is 1670. The van der Waals surface area contributed by atoms with E-state index in [4.69, 9.17) is 0 Å². The van der Waals surface area contributed by atoms with Crippen LogP contribution in [0.5, 0.6) is 5.75 Å². The van der Waals surface area contributed by atoms with Crippen LogP contribution in [0.1, 0.15) is 31.3 Å². The molecule has 0 bridgehead atoms. The van der Waals surface area contributed by atoms with E-state index >= 15 is 0 Å². The average Bonchev–Trinajstić information content (AvgIpc) is 3.46. The number of thiazole rings is 1. The Morgan fingerprint density at radius 1 is 1.02 bits per heavy atom. The van der Waals surface area contributed by atoms with Gasteiger partial charge in [0.05, 0.1) is 16.3 Å². The summed E-state index contributed by atoms with van der Waals surface area (Å²) in [6.45, 7) is 1.62. The molecule has 0 aliphatic carbocycles. The van der Waals surface area contributed by atoms with Gasteiger partial charge in [0.25, 0.3) is 17.7 Å². The largest absolute Gasteiger partial charge is 0.508 e. The third-order valence-electron chi connectivity index (χ3n) is 5.57. The Kier molecular flexibility index (Phi) is 7.71. The molecule has 1 aromatic heterocycles. The second-order valence-electron chi connectivity index (χ2n) is 8.41. The Hall–Kier alpha value is -4.81. The molecule has 1 saturated heterocycles. The summed E-state index contributed by atoms with van der Waals surface area (Å²) in [5.41, 5.74) is 4.29. The number of aryl methyl sites for hydroxylation is 1. The second kappa shape index (κ2) is 11.5. The van der Waals surface area contributed by atoms with Gasteiger partial charge in [-0.25, -0.2) is 14.8 Å². The number of amidine groups is 1. The predicted octanol–water partition coefficient (Wildman–Crippen LogP) is 5.37. The van der Waals surface area contributed by atoms with Crippen LogP contribution < -0.4 is 15.6 Å². The van der Waals surface area contributed by atoms with Crippen molar-refractivity contribution in [2.24, 2.45) is 5.10 Å². The molecule has 0 saturated carbocycles. The van der Waals surface area contributed by atoms with Crippen LogP contribution in [0.2, 0.25) is 0 Å². The first-order chi connectivity index (χ1) is 19.3. The molecule has 5 rings (SSSR count). The van der Waals surface area contributed by atoms with Crippen LogP contribution in [0.3, 0.4) is 0 Å². The monoisotopic (exact) mass is 573 g/mol. The summed E-state index contributed by atoms with van der Waals surface area (Å²) in [7, 11) is 0. The van der Waals surface area contributed by atoms with Gasteiger partial charge in [0.2, 0.25) is 0 Å². The van der Waals surface area contributed by atoms with Gasteiger partial charge in [-0.3, -0.25) is 24.6 Å². The van der Waals surface area contributed by atoms with E-state index in [-0.39, 0.29) is 32.4 Å². The Balaban J connectivity index is 1.36. The van der Waals surface area contributed by atoms with Crippen molar-refractivity contribution in [2.75, 3.05) is 10.2 Å². The first-order valence-corrected chi connectivity index (χ1v) is 13.4. The maximum atomic E-state index is 13.3. The number of carbonyl (C=O) groups excluding carboxylic acids is 3. The SMILES string of the molecule is Cc1nc(NC(=O)c2ccc(F)cc2)sc1C(=O)N/N=C1/S/C(=C/c2cccc(O)c2)C(=O)N1c1ccccc1. The van der Waals surface area contributed by atoms with Gasteiger partial charge in [-0.15, -0.1) is 5.10 Å². The maximum absolute atomic E-state index is 13.3. The second-order valence-corrected chi connectivity index (χ2v) is 10.4. The molecule has 40 heavy (non-hydrogen) atoms. The minimum absolute atomic E-state index is 0.0685. The Morgan fingerprint density at radius 3 is 2.50 bits per heavy atom. The number of carbonyl (C=O) groups is 3. The molecule has 4 aromatic rings. The summed E-state index contributed by atoms with van der Waals surface area (Å²) < 4.78 is 13.2. The van der Waals surface area contributed by atoms with Crippen molar-refractivity contribution in [2.45, 2.75) is 6.92 Å². The van der Waals surface area contributed by atoms with Crippen molar-refractivity contribution in [1.82, 2.24) is 10.4 Å². The van der Waals surface area contributed by atoms with E-state index in [0.29, 0.717) is 21.8 Å². The van der Waals surface area contributed by atoms with E-state index in [1.807, 2.05) is 6.07 Å². The number of benzene rings is 3. The zero-order valence-corrected chi connectivity index (χ0v) is 22.4. The van der Waals surface area contributed by atoms with Crippen LogP contribution in [0.25, 0.3) is 6.08 Å². The molecule has 2 heterocycles. The molecule has 200 valence electrons. The topological polar surface area (TPSA) is 124 Å². The van der Waals surface area contributed by atoms with Gasteiger partial charge in [0, 0.05) is 5.56 Å².